The molecule has 0 aliphatic heterocycles. The normalized spacial score (nSPS) is 12.5. The Morgan fingerprint density at radius 3 is 2.89 bits per heavy atom. The first-order chi connectivity index (χ1) is 9.24. The molecule has 4 N–H and O–H groups in total. The Morgan fingerprint density at radius 2 is 2.16 bits per heavy atom. The number of imidazole rings is 1. The number of para-hydroxylation sites is 2. The minimum atomic E-state index is -0.673. The van der Waals surface area contributed by atoms with Crippen LogP contribution in [0.4, 0.5) is 5.95 Å². The summed E-state index contributed by atoms with van der Waals surface area (Å²) in [4.78, 5) is 20.1. The minimum absolute atomic E-state index is 0.276. The molecule has 6 heteroatoms. The molecule has 1 atom stereocenters. The lowest BCUT2D eigenvalue weighted by molar-refractivity contribution is -0.117. The van der Waals surface area contributed by atoms with E-state index in [9.17, 15) is 4.79 Å². The second-order valence-corrected chi connectivity index (χ2v) is 5.06. The topological polar surface area (TPSA) is 83.8 Å². The lowest BCUT2D eigenvalue weighted by Crippen LogP contribution is -2.27. The summed E-state index contributed by atoms with van der Waals surface area (Å²) in [6, 6.07) is 10.6. The number of carbonyl (C=O) groups is 1. The van der Waals surface area contributed by atoms with Crippen LogP contribution in [0, 0.1) is 0 Å². The summed E-state index contributed by atoms with van der Waals surface area (Å²) in [6.07, 6.45) is 0. The molecule has 1 aromatic carbocycles. The molecule has 0 radical (unpaired) electrons. The third-order valence-electron chi connectivity index (χ3n) is 2.76. The molecule has 2 heterocycles. The lowest BCUT2D eigenvalue weighted by Gasteiger charge is -2.08. The van der Waals surface area contributed by atoms with Crippen molar-refractivity contribution in [3.8, 4) is 0 Å². The number of hydrogen-bond donors (Lipinski definition) is 3. The number of nitrogens with one attached hydrogen (secondary N) is 2. The van der Waals surface area contributed by atoms with E-state index in [4.69, 9.17) is 5.73 Å². The number of carbonyl (C=O) groups excluding carboxylic acids is 1. The van der Waals surface area contributed by atoms with Crippen molar-refractivity contribution in [2.24, 2.45) is 5.73 Å². The fraction of sp³-hybridized carbons (Fsp3) is 0.0769. The highest BCUT2D eigenvalue weighted by Crippen LogP contribution is 2.19. The highest BCUT2D eigenvalue weighted by molar-refractivity contribution is 7.10. The van der Waals surface area contributed by atoms with Crippen LogP contribution >= 0.6 is 11.3 Å². The summed E-state index contributed by atoms with van der Waals surface area (Å²) >= 11 is 1.46. The van der Waals surface area contributed by atoms with Gasteiger partial charge in [-0.25, -0.2) is 4.98 Å². The number of fused-ring (bicyclic) bond motifs is 1. The van der Waals surface area contributed by atoms with Crippen LogP contribution in [0.2, 0.25) is 0 Å². The standard InChI is InChI=1S/C13H12N4OS/c14-11(10-6-3-7-19-10)12(18)17-13-15-8-4-1-2-5-9(8)16-13/h1-7,11H,14H2,(H2,15,16,17,18). The molecule has 19 heavy (non-hydrogen) atoms. The molecule has 0 saturated heterocycles. The maximum atomic E-state index is 12.0. The Balaban J connectivity index is 1.79. The van der Waals surface area contributed by atoms with Crippen molar-refractivity contribution >= 4 is 34.2 Å². The number of nitrogens with zero attached hydrogens (tertiary/aromatic N) is 1. The van der Waals surface area contributed by atoms with E-state index < -0.39 is 6.04 Å². The van der Waals surface area contributed by atoms with Gasteiger partial charge in [0, 0.05) is 4.88 Å². The number of aromatic amines is 1. The number of benzene rings is 1. The van der Waals surface area contributed by atoms with Crippen LogP contribution < -0.4 is 11.1 Å². The zero-order valence-corrected chi connectivity index (χ0v) is 10.8. The quantitative estimate of drug-likeness (QED) is 0.683. The Morgan fingerprint density at radius 1 is 1.32 bits per heavy atom. The first-order valence-electron chi connectivity index (χ1n) is 5.78. The zero-order valence-electron chi connectivity index (χ0n) is 9.96. The molecule has 1 unspecified atom stereocenters. The predicted octanol–water partition coefficient (Wildman–Crippen LogP) is 2.26. The lowest BCUT2D eigenvalue weighted by atomic mass is 10.2. The van der Waals surface area contributed by atoms with E-state index in [1.165, 1.54) is 11.3 Å². The Hall–Kier alpha value is -2.18. The summed E-state index contributed by atoms with van der Waals surface area (Å²) < 4.78 is 0. The second-order valence-electron chi connectivity index (χ2n) is 4.08. The number of H-pyrrole nitrogens is 1. The molecule has 3 rings (SSSR count). The smallest absolute Gasteiger partial charge is 0.249 e. The Labute approximate surface area is 113 Å². The number of aromatic nitrogens is 2. The van der Waals surface area contributed by atoms with Crippen LogP contribution in [-0.4, -0.2) is 15.9 Å². The number of nitrogens with two attached hydrogens (primary N) is 1. The highest BCUT2D eigenvalue weighted by atomic mass is 32.1. The molecule has 0 aliphatic rings. The molecule has 0 spiro atoms. The number of amides is 1. The van der Waals surface area contributed by atoms with E-state index in [1.807, 2.05) is 41.8 Å². The first kappa shape index (κ1) is 11.9. The highest BCUT2D eigenvalue weighted by Gasteiger charge is 2.17. The number of thiophene rings is 1. The monoisotopic (exact) mass is 272 g/mol. The fourth-order valence-electron chi connectivity index (χ4n) is 1.80. The van der Waals surface area contributed by atoms with Crippen molar-refractivity contribution in [2.45, 2.75) is 6.04 Å². The average Bonchev–Trinajstić information content (AvgIpc) is 3.06. The van der Waals surface area contributed by atoms with Gasteiger partial charge >= 0.3 is 0 Å². The molecule has 96 valence electrons. The maximum Gasteiger partial charge on any atom is 0.249 e. The molecule has 2 aromatic heterocycles. The van der Waals surface area contributed by atoms with Gasteiger partial charge in [0.2, 0.25) is 11.9 Å². The summed E-state index contributed by atoms with van der Waals surface area (Å²) in [5.74, 6) is 0.139. The number of rotatable bonds is 3. The van der Waals surface area contributed by atoms with E-state index in [0.29, 0.717) is 5.95 Å². The van der Waals surface area contributed by atoms with Gasteiger partial charge in [0.15, 0.2) is 0 Å². The molecular formula is C13H12N4OS. The SMILES string of the molecule is NC(C(=O)Nc1nc2ccccc2[nH]1)c1cccs1. The van der Waals surface area contributed by atoms with Gasteiger partial charge in [-0.15, -0.1) is 11.3 Å². The molecule has 1 amide bonds. The Bertz CT molecular complexity index is 671. The Kier molecular flexibility index (Phi) is 3.02. The van der Waals surface area contributed by atoms with Gasteiger partial charge in [-0.2, -0.15) is 0 Å². The van der Waals surface area contributed by atoms with Gasteiger partial charge in [-0.1, -0.05) is 18.2 Å². The fourth-order valence-corrected chi connectivity index (χ4v) is 2.53. The van der Waals surface area contributed by atoms with Gasteiger partial charge in [-0.3, -0.25) is 10.1 Å². The largest absolute Gasteiger partial charge is 0.324 e. The van der Waals surface area contributed by atoms with Crippen molar-refractivity contribution in [3.05, 3.63) is 46.7 Å². The molecule has 0 bridgehead atoms. The van der Waals surface area contributed by atoms with E-state index >= 15 is 0 Å². The van der Waals surface area contributed by atoms with Crippen molar-refractivity contribution in [3.63, 3.8) is 0 Å². The average molecular weight is 272 g/mol. The van der Waals surface area contributed by atoms with Crippen LogP contribution in [0.5, 0.6) is 0 Å². The summed E-state index contributed by atoms with van der Waals surface area (Å²) in [7, 11) is 0. The third kappa shape index (κ3) is 2.35. The predicted molar refractivity (Wildman–Crippen MR) is 76.0 cm³/mol. The molecular weight excluding hydrogens is 260 g/mol. The number of hydrogen-bond acceptors (Lipinski definition) is 4. The van der Waals surface area contributed by atoms with E-state index in [1.54, 1.807) is 0 Å². The van der Waals surface area contributed by atoms with Crippen molar-refractivity contribution in [1.29, 1.82) is 0 Å². The van der Waals surface area contributed by atoms with E-state index in [-0.39, 0.29) is 5.91 Å². The van der Waals surface area contributed by atoms with Crippen molar-refractivity contribution in [1.82, 2.24) is 9.97 Å². The van der Waals surface area contributed by atoms with Gasteiger partial charge in [0.1, 0.15) is 6.04 Å². The molecule has 0 fully saturated rings. The van der Waals surface area contributed by atoms with Gasteiger partial charge in [0.25, 0.3) is 0 Å². The van der Waals surface area contributed by atoms with Crippen molar-refractivity contribution < 1.29 is 4.79 Å². The number of anilines is 1. The van der Waals surface area contributed by atoms with Crippen LogP contribution in [0.1, 0.15) is 10.9 Å². The van der Waals surface area contributed by atoms with Crippen LogP contribution in [0.15, 0.2) is 41.8 Å². The maximum absolute atomic E-state index is 12.0. The summed E-state index contributed by atoms with van der Waals surface area (Å²) in [5, 5.41) is 4.59. The molecule has 0 saturated carbocycles. The summed E-state index contributed by atoms with van der Waals surface area (Å²) in [5.41, 5.74) is 7.57. The van der Waals surface area contributed by atoms with Gasteiger partial charge in [-0.05, 0) is 23.6 Å². The van der Waals surface area contributed by atoms with Gasteiger partial charge < -0.3 is 10.7 Å². The van der Waals surface area contributed by atoms with Crippen LogP contribution in [0.3, 0.4) is 0 Å². The zero-order chi connectivity index (χ0) is 13.2. The minimum Gasteiger partial charge on any atom is -0.324 e. The van der Waals surface area contributed by atoms with Crippen LogP contribution in [-0.2, 0) is 4.79 Å². The van der Waals surface area contributed by atoms with Crippen LogP contribution in [0.25, 0.3) is 11.0 Å². The molecule has 5 nitrogen and oxygen atoms in total. The van der Waals surface area contributed by atoms with Gasteiger partial charge in [0.05, 0.1) is 11.0 Å². The second kappa shape index (κ2) is 4.83. The molecule has 3 aromatic rings. The molecule has 0 aliphatic carbocycles. The van der Waals surface area contributed by atoms with E-state index in [2.05, 4.69) is 15.3 Å². The van der Waals surface area contributed by atoms with E-state index in [0.717, 1.165) is 15.9 Å². The van der Waals surface area contributed by atoms with Crippen molar-refractivity contribution in [2.75, 3.05) is 5.32 Å². The first-order valence-corrected chi connectivity index (χ1v) is 6.66. The third-order valence-corrected chi connectivity index (χ3v) is 3.72. The summed E-state index contributed by atoms with van der Waals surface area (Å²) in [6.45, 7) is 0.